The number of ether oxygens (including phenoxy) is 1. The predicted molar refractivity (Wildman–Crippen MR) is 95.9 cm³/mol. The molecule has 0 atom stereocenters. The summed E-state index contributed by atoms with van der Waals surface area (Å²) >= 11 is 0. The monoisotopic (exact) mass is 294 g/mol. The Bertz CT molecular complexity index is 230. The first kappa shape index (κ1) is 20.4. The van der Waals surface area contributed by atoms with E-state index in [0.717, 1.165) is 19.6 Å². The molecule has 0 saturated carbocycles. The van der Waals surface area contributed by atoms with Crippen LogP contribution in [0.4, 0.5) is 0 Å². The smallest absolute Gasteiger partial charge is 0.0465 e. The van der Waals surface area contributed by atoms with E-state index in [0.29, 0.717) is 0 Å². The van der Waals surface area contributed by atoms with Crippen molar-refractivity contribution in [2.75, 3.05) is 13.2 Å². The highest BCUT2D eigenvalue weighted by Crippen LogP contribution is 2.08. The molecule has 0 aromatic rings. The van der Waals surface area contributed by atoms with Gasteiger partial charge in [0.2, 0.25) is 0 Å². The van der Waals surface area contributed by atoms with Crippen molar-refractivity contribution in [1.29, 1.82) is 0 Å². The van der Waals surface area contributed by atoms with Crippen molar-refractivity contribution in [3.8, 4) is 0 Å². The molecule has 0 bridgehead atoms. The predicted octanol–water partition coefficient (Wildman–Crippen LogP) is 6.84. The van der Waals surface area contributed by atoms with E-state index in [-0.39, 0.29) is 0 Å². The van der Waals surface area contributed by atoms with E-state index in [1.165, 1.54) is 70.6 Å². The topological polar surface area (TPSA) is 9.23 Å². The van der Waals surface area contributed by atoms with E-state index in [2.05, 4.69) is 38.2 Å². The Morgan fingerprint density at radius 1 is 0.619 bits per heavy atom. The summed E-state index contributed by atoms with van der Waals surface area (Å²) in [6.07, 6.45) is 25.0. The van der Waals surface area contributed by atoms with Crippen LogP contribution in [0.25, 0.3) is 0 Å². The van der Waals surface area contributed by atoms with Gasteiger partial charge < -0.3 is 4.74 Å². The second-order valence-corrected chi connectivity index (χ2v) is 5.78. The van der Waals surface area contributed by atoms with E-state index < -0.39 is 0 Å². The van der Waals surface area contributed by atoms with Crippen LogP contribution in [-0.2, 0) is 4.74 Å². The average Bonchev–Trinajstić information content (AvgIpc) is 2.50. The average molecular weight is 295 g/mol. The van der Waals surface area contributed by atoms with Crippen molar-refractivity contribution >= 4 is 0 Å². The normalized spacial score (nSPS) is 11.9. The van der Waals surface area contributed by atoms with Crippen molar-refractivity contribution in [2.24, 2.45) is 0 Å². The molecule has 0 aliphatic heterocycles. The van der Waals surface area contributed by atoms with Crippen molar-refractivity contribution in [3.05, 3.63) is 24.3 Å². The molecule has 0 rings (SSSR count). The van der Waals surface area contributed by atoms with E-state index in [9.17, 15) is 0 Å². The summed E-state index contributed by atoms with van der Waals surface area (Å²) in [5.74, 6) is 0. The van der Waals surface area contributed by atoms with Crippen LogP contribution in [-0.4, -0.2) is 13.2 Å². The summed E-state index contributed by atoms with van der Waals surface area (Å²) < 4.78 is 5.34. The molecule has 124 valence electrons. The van der Waals surface area contributed by atoms with Crippen molar-refractivity contribution in [2.45, 2.75) is 90.9 Å². The van der Waals surface area contributed by atoms with Crippen LogP contribution in [0.2, 0.25) is 0 Å². The van der Waals surface area contributed by atoms with Gasteiger partial charge in [-0.25, -0.2) is 0 Å². The minimum absolute atomic E-state index is 0.861. The molecule has 0 amide bonds. The van der Waals surface area contributed by atoms with Gasteiger partial charge in [0.05, 0.1) is 0 Å². The number of unbranched alkanes of at least 4 members (excludes halogenated alkanes) is 9. The van der Waals surface area contributed by atoms with Gasteiger partial charge in [-0.2, -0.15) is 0 Å². The number of hydrogen-bond donors (Lipinski definition) is 0. The van der Waals surface area contributed by atoms with Crippen molar-refractivity contribution in [3.63, 3.8) is 0 Å². The third-order valence-corrected chi connectivity index (χ3v) is 3.69. The molecule has 0 heterocycles. The lowest BCUT2D eigenvalue weighted by atomic mass is 10.1. The van der Waals surface area contributed by atoms with Crippen LogP contribution in [0.3, 0.4) is 0 Å². The lowest BCUT2D eigenvalue weighted by molar-refractivity contribution is 0.143. The lowest BCUT2D eigenvalue weighted by Gasteiger charge is -2.01. The zero-order valence-electron chi connectivity index (χ0n) is 14.6. The maximum atomic E-state index is 5.34. The third kappa shape index (κ3) is 19.4. The number of hydrogen-bond acceptors (Lipinski definition) is 1. The summed E-state index contributed by atoms with van der Waals surface area (Å²) in [6.45, 7) is 6.13. The molecule has 0 unspecified atom stereocenters. The Kier molecular flexibility index (Phi) is 18.9. The fourth-order valence-corrected chi connectivity index (χ4v) is 2.34. The Labute approximate surface area is 133 Å². The standard InChI is InChI=1S/C20H38O/c1-3-5-6-7-8-9-10-11-12-13-14-15-16-17-18-19-20-21-4-2/h8-9,11-12H,3-7,10,13-20H2,1-2H3/b9-8-,12-11-. The minimum atomic E-state index is 0.861. The maximum Gasteiger partial charge on any atom is 0.0465 e. The van der Waals surface area contributed by atoms with Crippen LogP contribution < -0.4 is 0 Å². The van der Waals surface area contributed by atoms with Crippen LogP contribution in [0.15, 0.2) is 24.3 Å². The van der Waals surface area contributed by atoms with Crippen LogP contribution in [0.1, 0.15) is 90.9 Å². The van der Waals surface area contributed by atoms with Crippen LogP contribution >= 0.6 is 0 Å². The zero-order chi connectivity index (χ0) is 15.4. The molecule has 0 spiro atoms. The molecule has 0 aromatic carbocycles. The first-order valence-electron chi connectivity index (χ1n) is 9.29. The van der Waals surface area contributed by atoms with E-state index in [4.69, 9.17) is 4.74 Å². The molecular weight excluding hydrogens is 256 g/mol. The van der Waals surface area contributed by atoms with E-state index in [1.54, 1.807) is 0 Å². The molecule has 0 fully saturated rings. The Hall–Kier alpha value is -0.560. The maximum absolute atomic E-state index is 5.34. The Morgan fingerprint density at radius 3 is 1.81 bits per heavy atom. The van der Waals surface area contributed by atoms with E-state index >= 15 is 0 Å². The van der Waals surface area contributed by atoms with Crippen molar-refractivity contribution in [1.82, 2.24) is 0 Å². The highest BCUT2D eigenvalue weighted by molar-refractivity contribution is 4.92. The van der Waals surface area contributed by atoms with Crippen LogP contribution in [0.5, 0.6) is 0 Å². The van der Waals surface area contributed by atoms with Gasteiger partial charge in [0.15, 0.2) is 0 Å². The first-order chi connectivity index (χ1) is 10.4. The molecule has 0 aliphatic rings. The molecule has 1 heteroatoms. The van der Waals surface area contributed by atoms with Gasteiger partial charge in [-0.05, 0) is 45.4 Å². The first-order valence-corrected chi connectivity index (χ1v) is 9.29. The minimum Gasteiger partial charge on any atom is -0.382 e. The summed E-state index contributed by atoms with van der Waals surface area (Å²) in [6, 6.07) is 0. The van der Waals surface area contributed by atoms with Gasteiger partial charge in [0, 0.05) is 13.2 Å². The molecule has 0 aromatic heterocycles. The largest absolute Gasteiger partial charge is 0.382 e. The van der Waals surface area contributed by atoms with Gasteiger partial charge in [-0.15, -0.1) is 0 Å². The fourth-order valence-electron chi connectivity index (χ4n) is 2.34. The highest BCUT2D eigenvalue weighted by Gasteiger charge is 1.90. The zero-order valence-corrected chi connectivity index (χ0v) is 14.6. The summed E-state index contributed by atoms with van der Waals surface area (Å²) in [4.78, 5) is 0. The molecule has 1 nitrogen and oxygen atoms in total. The van der Waals surface area contributed by atoms with Gasteiger partial charge >= 0.3 is 0 Å². The fraction of sp³-hybridized carbons (Fsp3) is 0.800. The van der Waals surface area contributed by atoms with Gasteiger partial charge in [0.1, 0.15) is 0 Å². The quantitative estimate of drug-likeness (QED) is 0.224. The summed E-state index contributed by atoms with van der Waals surface area (Å²) in [5, 5.41) is 0. The molecule has 21 heavy (non-hydrogen) atoms. The Morgan fingerprint density at radius 2 is 1.19 bits per heavy atom. The molecule has 0 saturated heterocycles. The molecule has 0 radical (unpaired) electrons. The SMILES string of the molecule is CCCCC/C=C\C/C=C\CCCCCCCCOCC. The van der Waals surface area contributed by atoms with Gasteiger partial charge in [-0.3, -0.25) is 0 Å². The second kappa shape index (κ2) is 19.4. The van der Waals surface area contributed by atoms with Crippen LogP contribution in [0, 0.1) is 0 Å². The van der Waals surface area contributed by atoms with Gasteiger partial charge in [-0.1, -0.05) is 69.8 Å². The van der Waals surface area contributed by atoms with E-state index in [1.807, 2.05) is 0 Å². The molecule has 0 N–H and O–H groups in total. The molecular formula is C20H38O. The van der Waals surface area contributed by atoms with Crippen molar-refractivity contribution < 1.29 is 4.74 Å². The highest BCUT2D eigenvalue weighted by atomic mass is 16.5. The molecule has 0 aliphatic carbocycles. The third-order valence-electron chi connectivity index (χ3n) is 3.69. The van der Waals surface area contributed by atoms with Gasteiger partial charge in [0.25, 0.3) is 0 Å². The Balaban J connectivity index is 3.11. The second-order valence-electron chi connectivity index (χ2n) is 5.78. The summed E-state index contributed by atoms with van der Waals surface area (Å²) in [5.41, 5.74) is 0. The number of rotatable bonds is 16. The summed E-state index contributed by atoms with van der Waals surface area (Å²) in [7, 11) is 0. The lowest BCUT2D eigenvalue weighted by Crippen LogP contribution is -1.92. The number of allylic oxidation sites excluding steroid dienone is 4.